The average molecular weight is 238 g/mol. The molecule has 1 unspecified atom stereocenters. The van der Waals surface area contributed by atoms with Crippen molar-refractivity contribution in [1.29, 1.82) is 0 Å². The number of piperazine rings is 1. The number of nitrogens with one attached hydrogen (secondary N) is 1. The SMILES string of the molecule is CC1CNCCN1CC(C)(C)c1cccs1. The van der Waals surface area contributed by atoms with Crippen molar-refractivity contribution >= 4 is 11.3 Å². The van der Waals surface area contributed by atoms with E-state index in [0.29, 0.717) is 6.04 Å². The molecule has 1 fully saturated rings. The molecule has 1 N–H and O–H groups in total. The highest BCUT2D eigenvalue weighted by Crippen LogP contribution is 2.29. The minimum absolute atomic E-state index is 0.278. The second kappa shape index (κ2) is 4.86. The van der Waals surface area contributed by atoms with Gasteiger partial charge in [0.25, 0.3) is 0 Å². The first kappa shape index (κ1) is 12.1. The molecule has 0 spiro atoms. The monoisotopic (exact) mass is 238 g/mol. The fraction of sp³-hybridized carbons (Fsp3) is 0.692. The lowest BCUT2D eigenvalue weighted by Gasteiger charge is -2.39. The van der Waals surface area contributed by atoms with E-state index in [1.807, 2.05) is 11.3 Å². The van der Waals surface area contributed by atoms with Crippen LogP contribution in [-0.2, 0) is 5.41 Å². The number of thiophene rings is 1. The van der Waals surface area contributed by atoms with Crippen LogP contribution in [0.3, 0.4) is 0 Å². The van der Waals surface area contributed by atoms with E-state index in [9.17, 15) is 0 Å². The number of hydrogen-bond acceptors (Lipinski definition) is 3. The fourth-order valence-corrected chi connectivity index (χ4v) is 3.21. The van der Waals surface area contributed by atoms with Crippen molar-refractivity contribution in [3.8, 4) is 0 Å². The Balaban J connectivity index is 2.02. The van der Waals surface area contributed by atoms with Crippen LogP contribution in [0.1, 0.15) is 25.6 Å². The van der Waals surface area contributed by atoms with E-state index >= 15 is 0 Å². The fourth-order valence-electron chi connectivity index (χ4n) is 2.37. The molecule has 2 heterocycles. The van der Waals surface area contributed by atoms with Gasteiger partial charge in [0.2, 0.25) is 0 Å². The van der Waals surface area contributed by atoms with Crippen LogP contribution in [0.5, 0.6) is 0 Å². The number of hydrogen-bond donors (Lipinski definition) is 1. The van der Waals surface area contributed by atoms with Crippen molar-refractivity contribution in [2.24, 2.45) is 0 Å². The van der Waals surface area contributed by atoms with Gasteiger partial charge in [0, 0.05) is 42.5 Å². The van der Waals surface area contributed by atoms with Crippen molar-refractivity contribution in [1.82, 2.24) is 10.2 Å². The minimum atomic E-state index is 0.278. The third-order valence-corrected chi connectivity index (χ3v) is 4.66. The lowest BCUT2D eigenvalue weighted by Crippen LogP contribution is -2.53. The highest BCUT2D eigenvalue weighted by atomic mass is 32.1. The van der Waals surface area contributed by atoms with Crippen LogP contribution in [0.2, 0.25) is 0 Å². The summed E-state index contributed by atoms with van der Waals surface area (Å²) in [6, 6.07) is 5.08. The normalized spacial score (nSPS) is 23.6. The van der Waals surface area contributed by atoms with Crippen molar-refractivity contribution < 1.29 is 0 Å². The van der Waals surface area contributed by atoms with Gasteiger partial charge in [-0.3, -0.25) is 4.90 Å². The highest BCUT2D eigenvalue weighted by Gasteiger charge is 2.28. The van der Waals surface area contributed by atoms with Crippen molar-refractivity contribution in [3.63, 3.8) is 0 Å². The van der Waals surface area contributed by atoms with Crippen LogP contribution in [0.15, 0.2) is 17.5 Å². The number of rotatable bonds is 3. The highest BCUT2D eigenvalue weighted by molar-refractivity contribution is 7.10. The first-order valence-corrected chi connectivity index (χ1v) is 6.96. The first-order valence-electron chi connectivity index (χ1n) is 6.08. The van der Waals surface area contributed by atoms with Crippen molar-refractivity contribution in [3.05, 3.63) is 22.4 Å². The molecular formula is C13H22N2S. The second-order valence-corrected chi connectivity index (χ2v) is 6.33. The minimum Gasteiger partial charge on any atom is -0.314 e. The van der Waals surface area contributed by atoms with Crippen LogP contribution < -0.4 is 5.32 Å². The Labute approximate surface area is 103 Å². The molecule has 0 bridgehead atoms. The van der Waals surface area contributed by atoms with E-state index in [-0.39, 0.29) is 5.41 Å². The lowest BCUT2D eigenvalue weighted by molar-refractivity contribution is 0.144. The quantitative estimate of drug-likeness (QED) is 0.869. The van der Waals surface area contributed by atoms with Gasteiger partial charge in [-0.25, -0.2) is 0 Å². The summed E-state index contributed by atoms with van der Waals surface area (Å²) in [6.07, 6.45) is 0. The lowest BCUT2D eigenvalue weighted by atomic mass is 9.90. The largest absolute Gasteiger partial charge is 0.314 e. The van der Waals surface area contributed by atoms with Gasteiger partial charge in [-0.1, -0.05) is 19.9 Å². The van der Waals surface area contributed by atoms with Gasteiger partial charge in [-0.15, -0.1) is 11.3 Å². The standard InChI is InChI=1S/C13H22N2S/c1-11-9-14-6-7-15(11)10-13(2,3)12-5-4-8-16-12/h4-5,8,11,14H,6-7,9-10H2,1-3H3. The van der Waals surface area contributed by atoms with E-state index in [1.165, 1.54) is 11.4 Å². The second-order valence-electron chi connectivity index (χ2n) is 5.38. The summed E-state index contributed by atoms with van der Waals surface area (Å²) in [4.78, 5) is 4.11. The molecule has 0 aliphatic carbocycles. The number of nitrogens with zero attached hydrogens (tertiary/aromatic N) is 1. The smallest absolute Gasteiger partial charge is 0.0193 e. The van der Waals surface area contributed by atoms with E-state index in [1.54, 1.807) is 0 Å². The summed E-state index contributed by atoms with van der Waals surface area (Å²) in [5.41, 5.74) is 0.278. The van der Waals surface area contributed by atoms with Crippen LogP contribution >= 0.6 is 11.3 Å². The van der Waals surface area contributed by atoms with E-state index in [4.69, 9.17) is 0 Å². The summed E-state index contributed by atoms with van der Waals surface area (Å²) in [5.74, 6) is 0. The Kier molecular flexibility index (Phi) is 3.67. The summed E-state index contributed by atoms with van der Waals surface area (Å²) in [5, 5.41) is 5.62. The summed E-state index contributed by atoms with van der Waals surface area (Å²) >= 11 is 1.88. The Morgan fingerprint density at radius 3 is 3.00 bits per heavy atom. The maximum Gasteiger partial charge on any atom is 0.0193 e. The first-order chi connectivity index (χ1) is 7.59. The zero-order valence-electron chi connectivity index (χ0n) is 10.5. The molecule has 1 aliphatic rings. The molecule has 1 saturated heterocycles. The summed E-state index contributed by atoms with van der Waals surface area (Å²) in [7, 11) is 0. The summed E-state index contributed by atoms with van der Waals surface area (Å²) in [6.45, 7) is 11.6. The Morgan fingerprint density at radius 1 is 1.56 bits per heavy atom. The van der Waals surface area contributed by atoms with E-state index < -0.39 is 0 Å². The Morgan fingerprint density at radius 2 is 2.38 bits per heavy atom. The predicted molar refractivity (Wildman–Crippen MR) is 71.2 cm³/mol. The molecule has 2 rings (SSSR count). The molecule has 1 aromatic heterocycles. The molecule has 1 aromatic rings. The predicted octanol–water partition coefficient (Wildman–Crippen LogP) is 2.32. The van der Waals surface area contributed by atoms with Crippen molar-refractivity contribution in [2.75, 3.05) is 26.2 Å². The average Bonchev–Trinajstić information content (AvgIpc) is 2.75. The zero-order chi connectivity index (χ0) is 11.6. The molecule has 0 amide bonds. The van der Waals surface area contributed by atoms with Crippen LogP contribution in [0.4, 0.5) is 0 Å². The molecule has 0 radical (unpaired) electrons. The van der Waals surface area contributed by atoms with Gasteiger partial charge in [0.15, 0.2) is 0 Å². The summed E-state index contributed by atoms with van der Waals surface area (Å²) < 4.78 is 0. The van der Waals surface area contributed by atoms with Crippen LogP contribution in [0.25, 0.3) is 0 Å². The van der Waals surface area contributed by atoms with E-state index in [2.05, 4.69) is 48.5 Å². The third kappa shape index (κ3) is 2.65. The molecule has 3 heteroatoms. The van der Waals surface area contributed by atoms with Gasteiger partial charge in [-0.05, 0) is 18.4 Å². The maximum atomic E-state index is 3.45. The van der Waals surface area contributed by atoms with E-state index in [0.717, 1.165) is 19.6 Å². The molecule has 90 valence electrons. The Hall–Kier alpha value is -0.380. The van der Waals surface area contributed by atoms with Gasteiger partial charge >= 0.3 is 0 Å². The molecule has 1 aliphatic heterocycles. The third-order valence-electron chi connectivity index (χ3n) is 3.43. The Bertz CT molecular complexity index is 319. The molecule has 0 aromatic carbocycles. The molecule has 2 nitrogen and oxygen atoms in total. The maximum absolute atomic E-state index is 3.45. The van der Waals surface area contributed by atoms with Gasteiger partial charge in [0.1, 0.15) is 0 Å². The topological polar surface area (TPSA) is 15.3 Å². The van der Waals surface area contributed by atoms with Crippen LogP contribution in [-0.4, -0.2) is 37.1 Å². The molecule has 16 heavy (non-hydrogen) atoms. The molecule has 1 atom stereocenters. The molecular weight excluding hydrogens is 216 g/mol. The van der Waals surface area contributed by atoms with Crippen molar-refractivity contribution in [2.45, 2.75) is 32.2 Å². The molecule has 0 saturated carbocycles. The van der Waals surface area contributed by atoms with Gasteiger partial charge in [0.05, 0.1) is 0 Å². The van der Waals surface area contributed by atoms with Gasteiger partial charge < -0.3 is 5.32 Å². The zero-order valence-corrected chi connectivity index (χ0v) is 11.3. The van der Waals surface area contributed by atoms with Crippen LogP contribution in [0, 0.1) is 0 Å². The van der Waals surface area contributed by atoms with Gasteiger partial charge in [-0.2, -0.15) is 0 Å².